The summed E-state index contributed by atoms with van der Waals surface area (Å²) in [4.78, 5) is 0. The second-order valence-corrected chi connectivity index (χ2v) is 5.34. The molecule has 0 aliphatic carbocycles. The molecule has 2 heteroatoms. The number of ether oxygens (including phenoxy) is 1. The first-order chi connectivity index (χ1) is 7.47. The average Bonchev–Trinajstić information content (AvgIpc) is 2.17. The van der Waals surface area contributed by atoms with Crippen molar-refractivity contribution < 1.29 is 9.84 Å². The van der Waals surface area contributed by atoms with E-state index in [1.165, 1.54) is 0 Å². The Bertz CT molecular complexity index is 287. The van der Waals surface area contributed by atoms with E-state index in [1.807, 2.05) is 30.3 Å². The number of benzene rings is 1. The summed E-state index contributed by atoms with van der Waals surface area (Å²) in [5.41, 5.74) is 0.326. The molecule has 1 aromatic carbocycles. The highest BCUT2D eigenvalue weighted by atomic mass is 16.6. The lowest BCUT2D eigenvalue weighted by Gasteiger charge is -2.19. The minimum absolute atomic E-state index is 0.326. The second-order valence-electron chi connectivity index (χ2n) is 5.34. The Morgan fingerprint density at radius 2 is 1.81 bits per heavy atom. The molecule has 16 heavy (non-hydrogen) atoms. The van der Waals surface area contributed by atoms with E-state index in [9.17, 15) is 5.11 Å². The van der Waals surface area contributed by atoms with E-state index in [0.717, 1.165) is 18.6 Å². The van der Waals surface area contributed by atoms with Crippen molar-refractivity contribution in [1.29, 1.82) is 0 Å². The molecule has 0 aliphatic heterocycles. The maximum absolute atomic E-state index is 9.68. The first-order valence-electron chi connectivity index (χ1n) is 5.87. The highest BCUT2D eigenvalue weighted by Gasteiger charge is 2.12. The van der Waals surface area contributed by atoms with Crippen LogP contribution in [-0.2, 0) is 0 Å². The van der Waals surface area contributed by atoms with Crippen LogP contribution in [0.1, 0.15) is 40.0 Å². The summed E-state index contributed by atoms with van der Waals surface area (Å²) in [6.45, 7) is 6.62. The lowest BCUT2D eigenvalue weighted by molar-refractivity contribution is -0.0258. The largest absolute Gasteiger partial charge is 0.465 e. The van der Waals surface area contributed by atoms with Crippen LogP contribution in [0, 0.1) is 5.41 Å². The average molecular weight is 222 g/mol. The molecular weight excluding hydrogens is 200 g/mol. The topological polar surface area (TPSA) is 29.5 Å². The minimum Gasteiger partial charge on any atom is -0.465 e. The van der Waals surface area contributed by atoms with E-state index in [1.54, 1.807) is 0 Å². The first-order valence-corrected chi connectivity index (χ1v) is 5.87. The van der Waals surface area contributed by atoms with Gasteiger partial charge in [-0.2, -0.15) is 0 Å². The molecule has 1 unspecified atom stereocenters. The molecule has 0 saturated heterocycles. The predicted molar refractivity (Wildman–Crippen MR) is 66.4 cm³/mol. The summed E-state index contributed by atoms with van der Waals surface area (Å²) in [6, 6.07) is 9.44. The summed E-state index contributed by atoms with van der Waals surface area (Å²) in [5, 5.41) is 9.68. The summed E-state index contributed by atoms with van der Waals surface area (Å²) in [7, 11) is 0. The van der Waals surface area contributed by atoms with Crippen LogP contribution in [0.15, 0.2) is 30.3 Å². The fraction of sp³-hybridized carbons (Fsp3) is 0.571. The van der Waals surface area contributed by atoms with Crippen molar-refractivity contribution in [2.24, 2.45) is 5.41 Å². The van der Waals surface area contributed by atoms with E-state index in [2.05, 4.69) is 20.8 Å². The Labute approximate surface area is 98.3 Å². The summed E-state index contributed by atoms with van der Waals surface area (Å²) in [5.74, 6) is 0.728. The van der Waals surface area contributed by atoms with Gasteiger partial charge < -0.3 is 9.84 Å². The van der Waals surface area contributed by atoms with Gasteiger partial charge in [0.15, 0.2) is 6.29 Å². The molecule has 0 radical (unpaired) electrons. The van der Waals surface area contributed by atoms with Crippen molar-refractivity contribution in [3.05, 3.63) is 30.3 Å². The SMILES string of the molecule is CC(C)(C)CCCC(O)Oc1ccccc1. The molecular formula is C14H22O2. The molecule has 0 amide bonds. The standard InChI is InChI=1S/C14H22O2/c1-14(2,3)11-7-10-13(15)16-12-8-5-4-6-9-12/h4-6,8-9,13,15H,7,10-11H2,1-3H3. The maximum Gasteiger partial charge on any atom is 0.197 e. The maximum atomic E-state index is 9.68. The third-order valence-corrected chi connectivity index (χ3v) is 2.39. The van der Waals surface area contributed by atoms with Gasteiger partial charge in [-0.05, 0) is 30.4 Å². The number of para-hydroxylation sites is 1. The molecule has 1 rings (SSSR count). The monoisotopic (exact) mass is 222 g/mol. The molecule has 0 aliphatic rings. The Morgan fingerprint density at radius 3 is 2.38 bits per heavy atom. The lowest BCUT2D eigenvalue weighted by Crippen LogP contribution is -2.16. The van der Waals surface area contributed by atoms with Crippen molar-refractivity contribution in [3.8, 4) is 5.75 Å². The zero-order chi connectivity index (χ0) is 12.0. The van der Waals surface area contributed by atoms with Gasteiger partial charge in [-0.1, -0.05) is 39.0 Å². The molecule has 1 N–H and O–H groups in total. The number of hydrogen-bond donors (Lipinski definition) is 1. The number of aliphatic hydroxyl groups is 1. The van der Waals surface area contributed by atoms with Crippen LogP contribution >= 0.6 is 0 Å². The highest BCUT2D eigenvalue weighted by molar-refractivity contribution is 5.20. The molecule has 90 valence electrons. The molecule has 2 nitrogen and oxygen atoms in total. The zero-order valence-corrected chi connectivity index (χ0v) is 10.4. The van der Waals surface area contributed by atoms with Gasteiger partial charge in [-0.15, -0.1) is 0 Å². The third kappa shape index (κ3) is 5.76. The molecule has 0 aromatic heterocycles. The highest BCUT2D eigenvalue weighted by Crippen LogP contribution is 2.22. The van der Waals surface area contributed by atoms with E-state index >= 15 is 0 Å². The molecule has 1 atom stereocenters. The van der Waals surface area contributed by atoms with E-state index in [4.69, 9.17) is 4.74 Å². The van der Waals surface area contributed by atoms with Crippen molar-refractivity contribution in [2.75, 3.05) is 0 Å². The Balaban J connectivity index is 2.24. The van der Waals surface area contributed by atoms with Gasteiger partial charge >= 0.3 is 0 Å². The van der Waals surface area contributed by atoms with Gasteiger partial charge in [0.05, 0.1) is 0 Å². The summed E-state index contributed by atoms with van der Waals surface area (Å²) >= 11 is 0. The van der Waals surface area contributed by atoms with Crippen LogP contribution in [0.4, 0.5) is 0 Å². The van der Waals surface area contributed by atoms with Crippen molar-refractivity contribution in [1.82, 2.24) is 0 Å². The van der Waals surface area contributed by atoms with Gasteiger partial charge in [0, 0.05) is 6.42 Å². The molecule has 0 fully saturated rings. The second kappa shape index (κ2) is 5.90. The molecule has 0 saturated carbocycles. The van der Waals surface area contributed by atoms with Crippen LogP contribution in [0.3, 0.4) is 0 Å². The van der Waals surface area contributed by atoms with E-state index in [-0.39, 0.29) is 0 Å². The van der Waals surface area contributed by atoms with Gasteiger partial charge in [0.2, 0.25) is 0 Å². The first kappa shape index (κ1) is 13.0. The van der Waals surface area contributed by atoms with Crippen molar-refractivity contribution in [3.63, 3.8) is 0 Å². The van der Waals surface area contributed by atoms with Gasteiger partial charge in [-0.25, -0.2) is 0 Å². The van der Waals surface area contributed by atoms with Crippen LogP contribution in [0.25, 0.3) is 0 Å². The van der Waals surface area contributed by atoms with Gasteiger partial charge in [-0.3, -0.25) is 0 Å². The Hall–Kier alpha value is -1.02. The van der Waals surface area contributed by atoms with Gasteiger partial charge in [0.1, 0.15) is 5.75 Å². The quantitative estimate of drug-likeness (QED) is 0.771. The number of hydrogen-bond acceptors (Lipinski definition) is 2. The number of rotatable bonds is 5. The molecule has 0 bridgehead atoms. The normalized spacial score (nSPS) is 13.5. The van der Waals surface area contributed by atoms with Crippen molar-refractivity contribution in [2.45, 2.75) is 46.3 Å². The Morgan fingerprint density at radius 1 is 1.19 bits per heavy atom. The fourth-order valence-corrected chi connectivity index (χ4v) is 1.52. The Kier molecular flexibility index (Phi) is 4.81. The summed E-state index contributed by atoms with van der Waals surface area (Å²) < 4.78 is 5.38. The van der Waals surface area contributed by atoms with E-state index < -0.39 is 6.29 Å². The van der Waals surface area contributed by atoms with Crippen LogP contribution in [0.5, 0.6) is 5.75 Å². The van der Waals surface area contributed by atoms with Crippen molar-refractivity contribution >= 4 is 0 Å². The summed E-state index contributed by atoms with van der Waals surface area (Å²) in [6.07, 6.45) is 2.08. The predicted octanol–water partition coefficient (Wildman–Crippen LogP) is 3.60. The fourth-order valence-electron chi connectivity index (χ4n) is 1.52. The van der Waals surface area contributed by atoms with Crippen LogP contribution in [-0.4, -0.2) is 11.4 Å². The zero-order valence-electron chi connectivity index (χ0n) is 10.4. The molecule has 0 heterocycles. The lowest BCUT2D eigenvalue weighted by atomic mass is 9.90. The molecule has 0 spiro atoms. The minimum atomic E-state index is -0.690. The smallest absolute Gasteiger partial charge is 0.197 e. The van der Waals surface area contributed by atoms with Gasteiger partial charge in [0.25, 0.3) is 0 Å². The molecule has 1 aromatic rings. The van der Waals surface area contributed by atoms with Crippen LogP contribution < -0.4 is 4.74 Å². The van der Waals surface area contributed by atoms with Crippen LogP contribution in [0.2, 0.25) is 0 Å². The number of aliphatic hydroxyl groups excluding tert-OH is 1. The van der Waals surface area contributed by atoms with E-state index in [0.29, 0.717) is 11.8 Å². The third-order valence-electron chi connectivity index (χ3n) is 2.39.